The molecule has 0 spiro atoms. The van der Waals surface area contributed by atoms with Gasteiger partial charge in [0.05, 0.1) is 0 Å². The first kappa shape index (κ1) is 16.4. The van der Waals surface area contributed by atoms with E-state index in [4.69, 9.17) is 0 Å². The van der Waals surface area contributed by atoms with Gasteiger partial charge in [0, 0.05) is 38.5 Å². The maximum absolute atomic E-state index is 12.3. The molecule has 0 heterocycles. The third-order valence-corrected chi connectivity index (χ3v) is 4.27. The van der Waals surface area contributed by atoms with E-state index in [0.29, 0.717) is 0 Å². The van der Waals surface area contributed by atoms with E-state index < -0.39 is 5.92 Å². The minimum atomic E-state index is -1.03. The molecule has 0 atom stereocenters. The molecule has 2 rings (SSSR count). The summed E-state index contributed by atoms with van der Waals surface area (Å²) >= 11 is 0. The molecule has 0 unspecified atom stereocenters. The van der Waals surface area contributed by atoms with Gasteiger partial charge in [-0.05, 0) is 23.6 Å². The van der Waals surface area contributed by atoms with Crippen LogP contribution in [0.2, 0.25) is 0 Å². The van der Waals surface area contributed by atoms with Crippen molar-refractivity contribution in [2.24, 2.45) is 11.8 Å². The molecule has 0 saturated heterocycles. The van der Waals surface area contributed by atoms with Crippen LogP contribution in [0.15, 0.2) is 24.3 Å². The number of anilines is 1. The average molecular weight is 301 g/mol. The second-order valence-corrected chi connectivity index (χ2v) is 6.51. The fraction of sp³-hybridized carbons (Fsp3) is 0.500. The first-order valence-corrected chi connectivity index (χ1v) is 7.67. The molecule has 1 aliphatic carbocycles. The first-order valence-electron chi connectivity index (χ1n) is 7.67. The largest absolute Gasteiger partial charge is 0.378 e. The van der Waals surface area contributed by atoms with Crippen molar-refractivity contribution in [2.75, 3.05) is 19.0 Å². The van der Waals surface area contributed by atoms with E-state index in [2.05, 4.69) is 0 Å². The Balaban J connectivity index is 2.16. The van der Waals surface area contributed by atoms with E-state index in [-0.39, 0.29) is 42.0 Å². The molecule has 0 bridgehead atoms. The maximum Gasteiger partial charge on any atom is 0.153 e. The number of hydrogen-bond acceptors (Lipinski definition) is 4. The van der Waals surface area contributed by atoms with Crippen LogP contribution in [0.25, 0.3) is 0 Å². The third kappa shape index (κ3) is 3.26. The molecule has 1 aromatic rings. The van der Waals surface area contributed by atoms with Gasteiger partial charge in [-0.25, -0.2) is 0 Å². The van der Waals surface area contributed by atoms with E-state index in [1.165, 1.54) is 0 Å². The molecule has 4 nitrogen and oxygen atoms in total. The van der Waals surface area contributed by atoms with Gasteiger partial charge < -0.3 is 4.90 Å². The lowest BCUT2D eigenvalue weighted by Crippen LogP contribution is -2.39. The Morgan fingerprint density at radius 1 is 1.05 bits per heavy atom. The Kier molecular flexibility index (Phi) is 4.79. The van der Waals surface area contributed by atoms with Crippen LogP contribution in [0.1, 0.15) is 38.2 Å². The van der Waals surface area contributed by atoms with Crippen LogP contribution < -0.4 is 4.90 Å². The first-order chi connectivity index (χ1) is 10.3. The molecule has 0 aliphatic heterocycles. The fourth-order valence-corrected chi connectivity index (χ4v) is 2.90. The lowest BCUT2D eigenvalue weighted by Gasteiger charge is -2.27. The highest BCUT2D eigenvalue weighted by molar-refractivity contribution is 6.21. The fourth-order valence-electron chi connectivity index (χ4n) is 2.90. The Hall–Kier alpha value is -1.97. The number of carbonyl (C=O) groups excluding carboxylic acids is 3. The van der Waals surface area contributed by atoms with Gasteiger partial charge in [-0.2, -0.15) is 0 Å². The standard InChI is InChI=1S/C18H23NO3/c1-11(2)18(22)17-15(20)9-13(10-16(17)21)12-5-7-14(8-6-12)19(3)4/h5-8,11,13,17H,9-10H2,1-4H3. The summed E-state index contributed by atoms with van der Waals surface area (Å²) in [5, 5.41) is 0. The van der Waals surface area contributed by atoms with Crippen LogP contribution in [0.5, 0.6) is 0 Å². The third-order valence-electron chi connectivity index (χ3n) is 4.27. The molecular weight excluding hydrogens is 278 g/mol. The van der Waals surface area contributed by atoms with Crippen molar-refractivity contribution < 1.29 is 14.4 Å². The minimum absolute atomic E-state index is 0.104. The number of nitrogens with zero attached hydrogens (tertiary/aromatic N) is 1. The molecule has 1 aliphatic rings. The number of carbonyl (C=O) groups is 3. The van der Waals surface area contributed by atoms with Crippen LogP contribution in [-0.4, -0.2) is 31.4 Å². The maximum atomic E-state index is 12.3. The Bertz CT molecular complexity index is 569. The molecule has 1 aromatic carbocycles. The second-order valence-electron chi connectivity index (χ2n) is 6.51. The summed E-state index contributed by atoms with van der Waals surface area (Å²) in [6, 6.07) is 7.89. The molecule has 0 N–H and O–H groups in total. The monoisotopic (exact) mass is 301 g/mol. The molecule has 1 fully saturated rings. The van der Waals surface area contributed by atoms with E-state index >= 15 is 0 Å². The van der Waals surface area contributed by atoms with Gasteiger partial charge in [0.15, 0.2) is 17.3 Å². The van der Waals surface area contributed by atoms with Crippen molar-refractivity contribution in [3.05, 3.63) is 29.8 Å². The molecule has 4 heteroatoms. The van der Waals surface area contributed by atoms with Gasteiger partial charge in [0.25, 0.3) is 0 Å². The summed E-state index contributed by atoms with van der Waals surface area (Å²) < 4.78 is 0. The number of Topliss-reactive ketones (excluding diaryl/α,β-unsaturated/α-hetero) is 3. The highest BCUT2D eigenvalue weighted by Crippen LogP contribution is 2.33. The van der Waals surface area contributed by atoms with Gasteiger partial charge in [-0.1, -0.05) is 26.0 Å². The number of hydrogen-bond donors (Lipinski definition) is 0. The SMILES string of the molecule is CC(C)C(=O)C1C(=O)CC(c2ccc(N(C)C)cc2)CC1=O. The lowest BCUT2D eigenvalue weighted by molar-refractivity contribution is -0.143. The zero-order valence-electron chi connectivity index (χ0n) is 13.6. The summed E-state index contributed by atoms with van der Waals surface area (Å²) in [7, 11) is 3.93. The van der Waals surface area contributed by atoms with Crippen LogP contribution in [0.3, 0.4) is 0 Å². The minimum Gasteiger partial charge on any atom is -0.378 e. The highest BCUT2D eigenvalue weighted by atomic mass is 16.2. The van der Waals surface area contributed by atoms with Crippen LogP contribution >= 0.6 is 0 Å². The average Bonchev–Trinajstić information content (AvgIpc) is 2.46. The van der Waals surface area contributed by atoms with Gasteiger partial charge in [0.1, 0.15) is 5.92 Å². The van der Waals surface area contributed by atoms with E-state index in [0.717, 1.165) is 11.3 Å². The van der Waals surface area contributed by atoms with Gasteiger partial charge in [0.2, 0.25) is 0 Å². The van der Waals surface area contributed by atoms with Crippen LogP contribution in [0, 0.1) is 11.8 Å². The predicted octanol–water partition coefficient (Wildman–Crippen LogP) is 2.61. The molecule has 118 valence electrons. The number of benzene rings is 1. The second kappa shape index (κ2) is 6.42. The summed E-state index contributed by atoms with van der Waals surface area (Å²) in [6.45, 7) is 3.46. The Morgan fingerprint density at radius 3 is 1.95 bits per heavy atom. The molecule has 22 heavy (non-hydrogen) atoms. The number of rotatable bonds is 4. The highest BCUT2D eigenvalue weighted by Gasteiger charge is 2.40. The number of ketones is 3. The van der Waals surface area contributed by atoms with Crippen molar-refractivity contribution in [3.8, 4) is 0 Å². The van der Waals surface area contributed by atoms with Gasteiger partial charge in [-0.15, -0.1) is 0 Å². The summed E-state index contributed by atoms with van der Waals surface area (Å²) in [4.78, 5) is 38.6. The molecule has 1 saturated carbocycles. The Labute approximate surface area is 131 Å². The van der Waals surface area contributed by atoms with Gasteiger partial charge in [-0.3, -0.25) is 14.4 Å². The van der Waals surface area contributed by atoms with E-state index in [1.54, 1.807) is 13.8 Å². The smallest absolute Gasteiger partial charge is 0.153 e. The normalized spacial score (nSPS) is 22.0. The molecule has 0 amide bonds. The summed E-state index contributed by atoms with van der Waals surface area (Å²) in [5.41, 5.74) is 2.06. The van der Waals surface area contributed by atoms with Crippen molar-refractivity contribution in [1.29, 1.82) is 0 Å². The van der Waals surface area contributed by atoms with Crippen molar-refractivity contribution in [3.63, 3.8) is 0 Å². The summed E-state index contributed by atoms with van der Waals surface area (Å²) in [6.07, 6.45) is 0.548. The van der Waals surface area contributed by atoms with Crippen LogP contribution in [-0.2, 0) is 14.4 Å². The van der Waals surface area contributed by atoms with E-state index in [9.17, 15) is 14.4 Å². The zero-order chi connectivity index (χ0) is 16.4. The van der Waals surface area contributed by atoms with E-state index in [1.807, 2.05) is 43.3 Å². The van der Waals surface area contributed by atoms with Gasteiger partial charge >= 0.3 is 0 Å². The lowest BCUT2D eigenvalue weighted by atomic mass is 9.74. The molecule has 0 radical (unpaired) electrons. The predicted molar refractivity (Wildman–Crippen MR) is 86.1 cm³/mol. The zero-order valence-corrected chi connectivity index (χ0v) is 13.6. The van der Waals surface area contributed by atoms with Crippen LogP contribution in [0.4, 0.5) is 5.69 Å². The quantitative estimate of drug-likeness (QED) is 0.802. The molecular formula is C18H23NO3. The van der Waals surface area contributed by atoms with Crippen molar-refractivity contribution in [2.45, 2.75) is 32.6 Å². The summed E-state index contributed by atoms with van der Waals surface area (Å²) in [5.74, 6) is -2.11. The molecule has 0 aromatic heterocycles. The topological polar surface area (TPSA) is 54.5 Å². The van der Waals surface area contributed by atoms with Crippen molar-refractivity contribution >= 4 is 23.0 Å². The van der Waals surface area contributed by atoms with Crippen molar-refractivity contribution in [1.82, 2.24) is 0 Å². The Morgan fingerprint density at radius 2 is 1.55 bits per heavy atom.